The summed E-state index contributed by atoms with van der Waals surface area (Å²) >= 11 is 6.07. The average Bonchev–Trinajstić information content (AvgIpc) is 2.77. The van der Waals surface area contributed by atoms with Gasteiger partial charge in [-0.3, -0.25) is 9.78 Å². The highest BCUT2D eigenvalue weighted by Gasteiger charge is 2.27. The molecule has 1 aliphatic heterocycles. The molecule has 6 nitrogen and oxygen atoms in total. The maximum atomic E-state index is 12.8. The van der Waals surface area contributed by atoms with Crippen LogP contribution < -0.4 is 10.2 Å². The van der Waals surface area contributed by atoms with Crippen LogP contribution in [0.3, 0.4) is 0 Å². The van der Waals surface area contributed by atoms with Crippen molar-refractivity contribution in [1.29, 1.82) is 0 Å². The Kier molecular flexibility index (Phi) is 5.71. The minimum atomic E-state index is -0.109. The molecule has 3 aromatic rings. The number of benzene rings is 1. The van der Waals surface area contributed by atoms with Crippen LogP contribution in [0.15, 0.2) is 54.9 Å². The topological polar surface area (TPSA) is 71.0 Å². The summed E-state index contributed by atoms with van der Waals surface area (Å²) < 4.78 is 0. The van der Waals surface area contributed by atoms with Crippen molar-refractivity contribution in [1.82, 2.24) is 15.2 Å². The lowest BCUT2D eigenvalue weighted by atomic mass is 9.97. The van der Waals surface area contributed by atoms with Crippen LogP contribution in [0.4, 0.5) is 11.5 Å². The molecule has 1 aliphatic rings. The van der Waals surface area contributed by atoms with Gasteiger partial charge in [-0.1, -0.05) is 17.7 Å². The third kappa shape index (κ3) is 4.54. The second-order valence-electron chi connectivity index (χ2n) is 7.25. The van der Waals surface area contributed by atoms with Crippen LogP contribution in [0.1, 0.15) is 18.4 Å². The number of nitrogens with one attached hydrogen (secondary N) is 1. The molecule has 1 fully saturated rings. The van der Waals surface area contributed by atoms with Crippen LogP contribution in [0.2, 0.25) is 5.02 Å². The molecule has 0 bridgehead atoms. The number of rotatable bonds is 4. The zero-order chi connectivity index (χ0) is 20.2. The molecule has 0 spiro atoms. The number of carbonyl (C=O) groups excluding carboxylic acids is 1. The minimum Gasteiger partial charge on any atom is -0.354 e. The van der Waals surface area contributed by atoms with Gasteiger partial charge in [0.1, 0.15) is 0 Å². The Hall–Kier alpha value is -2.99. The van der Waals surface area contributed by atoms with Crippen molar-refractivity contribution in [2.75, 3.05) is 23.3 Å². The molecular weight excluding hydrogens is 386 g/mol. The van der Waals surface area contributed by atoms with Crippen molar-refractivity contribution >= 4 is 29.0 Å². The molecule has 148 valence electrons. The van der Waals surface area contributed by atoms with Crippen LogP contribution in [0, 0.1) is 12.8 Å². The van der Waals surface area contributed by atoms with E-state index in [0.29, 0.717) is 11.6 Å². The Bertz CT molecular complexity index is 994. The van der Waals surface area contributed by atoms with Gasteiger partial charge in [-0.15, -0.1) is 10.2 Å². The lowest BCUT2D eigenvalue weighted by Gasteiger charge is -2.32. The van der Waals surface area contributed by atoms with Crippen molar-refractivity contribution in [3.05, 3.63) is 65.4 Å². The number of halogens is 1. The fourth-order valence-electron chi connectivity index (χ4n) is 3.53. The number of hydrogen-bond donors (Lipinski definition) is 1. The summed E-state index contributed by atoms with van der Waals surface area (Å²) in [4.78, 5) is 19.1. The Labute approximate surface area is 174 Å². The fraction of sp³-hybridized carbons (Fsp3) is 0.273. The van der Waals surface area contributed by atoms with E-state index >= 15 is 0 Å². The number of nitrogens with zero attached hydrogens (tertiary/aromatic N) is 4. The van der Waals surface area contributed by atoms with E-state index < -0.39 is 0 Å². The summed E-state index contributed by atoms with van der Waals surface area (Å²) in [6.45, 7) is 3.44. The molecule has 7 heteroatoms. The van der Waals surface area contributed by atoms with Crippen molar-refractivity contribution < 1.29 is 4.79 Å². The van der Waals surface area contributed by atoms with E-state index in [2.05, 4.69) is 25.4 Å². The first-order valence-corrected chi connectivity index (χ1v) is 10.0. The predicted molar refractivity (Wildman–Crippen MR) is 115 cm³/mol. The number of hydrogen-bond acceptors (Lipinski definition) is 5. The molecule has 4 rings (SSSR count). The van der Waals surface area contributed by atoms with Crippen LogP contribution >= 0.6 is 11.6 Å². The lowest BCUT2D eigenvalue weighted by molar-refractivity contribution is -0.120. The van der Waals surface area contributed by atoms with E-state index in [0.717, 1.165) is 47.7 Å². The van der Waals surface area contributed by atoms with Gasteiger partial charge in [-0.05, 0) is 61.7 Å². The first kappa shape index (κ1) is 19.3. The van der Waals surface area contributed by atoms with E-state index in [9.17, 15) is 4.79 Å². The van der Waals surface area contributed by atoms with Crippen molar-refractivity contribution in [3.8, 4) is 11.3 Å². The van der Waals surface area contributed by atoms with Crippen LogP contribution in [0.5, 0.6) is 0 Å². The predicted octanol–water partition coefficient (Wildman–Crippen LogP) is 4.36. The van der Waals surface area contributed by atoms with E-state index in [4.69, 9.17) is 11.6 Å². The Morgan fingerprint density at radius 2 is 2.10 bits per heavy atom. The number of aryl methyl sites for hydroxylation is 1. The van der Waals surface area contributed by atoms with E-state index in [1.165, 1.54) is 0 Å². The Morgan fingerprint density at radius 1 is 1.21 bits per heavy atom. The first-order valence-electron chi connectivity index (χ1n) is 9.66. The zero-order valence-corrected chi connectivity index (χ0v) is 16.9. The molecule has 0 saturated carbocycles. The van der Waals surface area contributed by atoms with Gasteiger partial charge in [0, 0.05) is 41.8 Å². The second-order valence-corrected chi connectivity index (χ2v) is 7.69. The number of anilines is 2. The average molecular weight is 408 g/mol. The maximum absolute atomic E-state index is 12.8. The second kappa shape index (κ2) is 8.57. The van der Waals surface area contributed by atoms with Gasteiger partial charge in [-0.25, -0.2) is 0 Å². The monoisotopic (exact) mass is 407 g/mol. The largest absolute Gasteiger partial charge is 0.354 e. The van der Waals surface area contributed by atoms with Gasteiger partial charge in [0.05, 0.1) is 11.6 Å². The molecule has 2 aromatic heterocycles. The summed E-state index contributed by atoms with van der Waals surface area (Å²) in [6.07, 6.45) is 5.28. The third-order valence-electron chi connectivity index (χ3n) is 5.18. The van der Waals surface area contributed by atoms with Crippen molar-refractivity contribution in [3.63, 3.8) is 0 Å². The van der Waals surface area contributed by atoms with Gasteiger partial charge < -0.3 is 10.2 Å². The minimum absolute atomic E-state index is 0.0139. The molecule has 1 saturated heterocycles. The molecule has 0 aliphatic carbocycles. The molecule has 1 amide bonds. The van der Waals surface area contributed by atoms with E-state index in [-0.39, 0.29) is 11.8 Å². The van der Waals surface area contributed by atoms with Gasteiger partial charge in [0.25, 0.3) is 0 Å². The molecule has 1 atom stereocenters. The number of amides is 1. The first-order chi connectivity index (χ1) is 14.1. The van der Waals surface area contributed by atoms with Gasteiger partial charge >= 0.3 is 0 Å². The fourth-order valence-corrected chi connectivity index (χ4v) is 3.70. The standard InChI is InChI=1S/C22H22ClN5O/c1-15-6-7-18(23)12-20(15)25-22(29)17-5-3-11-28(14-17)21-9-8-19(26-27-21)16-4-2-10-24-13-16/h2,4,6-10,12-13,17H,3,5,11,14H2,1H3,(H,25,29). The number of aromatic nitrogens is 3. The summed E-state index contributed by atoms with van der Waals surface area (Å²) in [5.74, 6) is 0.691. The molecule has 0 radical (unpaired) electrons. The highest BCUT2D eigenvalue weighted by atomic mass is 35.5. The van der Waals surface area contributed by atoms with Crippen LogP contribution in [-0.2, 0) is 4.79 Å². The van der Waals surface area contributed by atoms with Crippen LogP contribution in [0.25, 0.3) is 11.3 Å². The highest BCUT2D eigenvalue weighted by Crippen LogP contribution is 2.26. The Morgan fingerprint density at radius 3 is 2.86 bits per heavy atom. The van der Waals surface area contributed by atoms with Crippen molar-refractivity contribution in [2.45, 2.75) is 19.8 Å². The lowest BCUT2D eigenvalue weighted by Crippen LogP contribution is -2.41. The van der Waals surface area contributed by atoms with Gasteiger partial charge in [0.2, 0.25) is 5.91 Å². The van der Waals surface area contributed by atoms with Crippen molar-refractivity contribution in [2.24, 2.45) is 5.92 Å². The third-order valence-corrected chi connectivity index (χ3v) is 5.42. The van der Waals surface area contributed by atoms with E-state index in [1.54, 1.807) is 18.5 Å². The van der Waals surface area contributed by atoms with Gasteiger partial charge in [0.15, 0.2) is 5.82 Å². The highest BCUT2D eigenvalue weighted by molar-refractivity contribution is 6.31. The summed E-state index contributed by atoms with van der Waals surface area (Å²) in [5.41, 5.74) is 3.47. The Balaban J connectivity index is 1.44. The van der Waals surface area contributed by atoms with E-state index in [1.807, 2.05) is 43.3 Å². The number of carbonyl (C=O) groups is 1. The van der Waals surface area contributed by atoms with Crippen LogP contribution in [-0.4, -0.2) is 34.2 Å². The zero-order valence-electron chi connectivity index (χ0n) is 16.2. The normalized spacial score (nSPS) is 16.5. The number of pyridine rings is 1. The molecule has 3 heterocycles. The maximum Gasteiger partial charge on any atom is 0.229 e. The summed E-state index contributed by atoms with van der Waals surface area (Å²) in [6, 6.07) is 13.2. The smallest absolute Gasteiger partial charge is 0.229 e. The molecule has 1 unspecified atom stereocenters. The quantitative estimate of drug-likeness (QED) is 0.695. The van der Waals surface area contributed by atoms with Gasteiger partial charge in [-0.2, -0.15) is 0 Å². The summed E-state index contributed by atoms with van der Waals surface area (Å²) in [7, 11) is 0. The molecule has 1 aromatic carbocycles. The SMILES string of the molecule is Cc1ccc(Cl)cc1NC(=O)C1CCCN(c2ccc(-c3cccnc3)nn2)C1. The molecule has 29 heavy (non-hydrogen) atoms. The molecule has 1 N–H and O–H groups in total. The summed E-state index contributed by atoms with van der Waals surface area (Å²) in [5, 5.41) is 12.4. The number of piperidine rings is 1. The molecular formula is C22H22ClN5O.